The number of aryl methyl sites for hydroxylation is 1. The quantitative estimate of drug-likeness (QED) is 0.673. The summed E-state index contributed by atoms with van der Waals surface area (Å²) in [6.45, 7) is 2.19. The van der Waals surface area contributed by atoms with Crippen LogP contribution in [-0.4, -0.2) is 17.1 Å². The molecular formula is C19H23NO2S. The number of carbonyl (C=O) groups is 1. The number of hydrogen-bond donors (Lipinski definition) is 2. The number of rotatable bonds is 9. The Morgan fingerprint density at radius 3 is 2.39 bits per heavy atom. The number of hydrogen-bond acceptors (Lipinski definition) is 3. The van der Waals surface area contributed by atoms with Crippen molar-refractivity contribution in [3.63, 3.8) is 0 Å². The van der Waals surface area contributed by atoms with Gasteiger partial charge in [-0.05, 0) is 54.5 Å². The molecule has 0 heterocycles. The van der Waals surface area contributed by atoms with E-state index < -0.39 is 12.0 Å². The van der Waals surface area contributed by atoms with Gasteiger partial charge in [0.05, 0.1) is 0 Å². The molecule has 0 aromatic heterocycles. The average molecular weight is 329 g/mol. The van der Waals surface area contributed by atoms with Crippen molar-refractivity contribution in [2.45, 2.75) is 43.5 Å². The van der Waals surface area contributed by atoms with Gasteiger partial charge >= 0.3 is 5.97 Å². The Morgan fingerprint density at radius 2 is 1.78 bits per heavy atom. The third-order valence-corrected chi connectivity index (χ3v) is 4.55. The molecule has 1 atom stereocenters. The van der Waals surface area contributed by atoms with Gasteiger partial charge in [-0.25, -0.2) is 4.72 Å². The minimum Gasteiger partial charge on any atom is -0.480 e. The summed E-state index contributed by atoms with van der Waals surface area (Å²) in [7, 11) is 0. The fourth-order valence-corrected chi connectivity index (χ4v) is 3.01. The molecule has 0 saturated carbocycles. The van der Waals surface area contributed by atoms with E-state index in [1.807, 2.05) is 42.5 Å². The highest BCUT2D eigenvalue weighted by Gasteiger charge is 2.17. The van der Waals surface area contributed by atoms with Gasteiger partial charge in [0.15, 0.2) is 0 Å². The van der Waals surface area contributed by atoms with Crippen LogP contribution in [0.4, 0.5) is 0 Å². The van der Waals surface area contributed by atoms with Crippen molar-refractivity contribution in [1.29, 1.82) is 0 Å². The minimum absolute atomic E-state index is 0.470. The Kier molecular flexibility index (Phi) is 7.17. The maximum Gasteiger partial charge on any atom is 0.321 e. The molecule has 2 aromatic rings. The predicted molar refractivity (Wildman–Crippen MR) is 95.6 cm³/mol. The monoisotopic (exact) mass is 329 g/mol. The van der Waals surface area contributed by atoms with E-state index in [4.69, 9.17) is 0 Å². The van der Waals surface area contributed by atoms with Gasteiger partial charge in [-0.15, -0.1) is 0 Å². The third-order valence-electron chi connectivity index (χ3n) is 3.64. The van der Waals surface area contributed by atoms with Crippen molar-refractivity contribution in [1.82, 2.24) is 4.72 Å². The Labute approximate surface area is 142 Å². The molecule has 0 spiro atoms. The summed E-state index contributed by atoms with van der Waals surface area (Å²) in [5.74, 6) is -0.832. The molecule has 0 fully saturated rings. The summed E-state index contributed by atoms with van der Waals surface area (Å²) in [5.41, 5.74) is 2.35. The molecule has 0 saturated heterocycles. The fraction of sp³-hybridized carbons (Fsp3) is 0.316. The zero-order chi connectivity index (χ0) is 16.5. The van der Waals surface area contributed by atoms with Gasteiger partial charge in [0.1, 0.15) is 6.04 Å². The highest BCUT2D eigenvalue weighted by Crippen LogP contribution is 2.18. The van der Waals surface area contributed by atoms with Gasteiger partial charge in [0.2, 0.25) is 0 Å². The van der Waals surface area contributed by atoms with Crippen molar-refractivity contribution in [3.05, 3.63) is 65.7 Å². The van der Waals surface area contributed by atoms with E-state index in [0.717, 1.165) is 16.9 Å². The first kappa shape index (κ1) is 17.6. The van der Waals surface area contributed by atoms with Crippen LogP contribution in [0.5, 0.6) is 0 Å². The van der Waals surface area contributed by atoms with Crippen molar-refractivity contribution in [2.75, 3.05) is 0 Å². The van der Waals surface area contributed by atoms with Gasteiger partial charge in [0.25, 0.3) is 0 Å². The number of benzene rings is 2. The van der Waals surface area contributed by atoms with Crippen LogP contribution in [0.2, 0.25) is 0 Å². The number of carboxylic acid groups (broad SMARTS) is 1. The number of unbranched alkanes of at least 4 members (excludes halogenated alkanes) is 1. The molecule has 4 heteroatoms. The second kappa shape index (κ2) is 9.38. The zero-order valence-electron chi connectivity index (χ0n) is 13.4. The van der Waals surface area contributed by atoms with E-state index in [1.165, 1.54) is 30.4 Å². The SMILES string of the molecule is CCCCc1ccc(SNC(Cc2ccccc2)C(=O)O)cc1. The average Bonchev–Trinajstić information content (AvgIpc) is 2.58. The molecule has 1 unspecified atom stereocenters. The maximum absolute atomic E-state index is 11.4. The van der Waals surface area contributed by atoms with Crippen LogP contribution in [0.15, 0.2) is 59.5 Å². The molecule has 2 N–H and O–H groups in total. The van der Waals surface area contributed by atoms with E-state index in [0.29, 0.717) is 6.42 Å². The van der Waals surface area contributed by atoms with E-state index in [2.05, 4.69) is 23.8 Å². The summed E-state index contributed by atoms with van der Waals surface area (Å²) in [6, 6.07) is 17.4. The van der Waals surface area contributed by atoms with Crippen LogP contribution < -0.4 is 4.72 Å². The molecule has 2 aromatic carbocycles. The van der Waals surface area contributed by atoms with Crippen LogP contribution in [0.3, 0.4) is 0 Å². The lowest BCUT2D eigenvalue weighted by atomic mass is 10.1. The first-order chi connectivity index (χ1) is 11.2. The summed E-state index contributed by atoms with van der Waals surface area (Å²) in [4.78, 5) is 12.5. The first-order valence-corrected chi connectivity index (χ1v) is 8.78. The predicted octanol–water partition coefficient (Wildman–Crippen LogP) is 4.32. The highest BCUT2D eigenvalue weighted by atomic mass is 32.2. The molecule has 0 amide bonds. The zero-order valence-corrected chi connectivity index (χ0v) is 14.2. The summed E-state index contributed by atoms with van der Waals surface area (Å²) in [6.07, 6.45) is 3.96. The number of aliphatic carboxylic acids is 1. The maximum atomic E-state index is 11.4. The Balaban J connectivity index is 1.89. The Bertz CT molecular complexity index is 599. The van der Waals surface area contributed by atoms with Crippen molar-refractivity contribution >= 4 is 17.9 Å². The van der Waals surface area contributed by atoms with Crippen LogP contribution in [-0.2, 0) is 17.6 Å². The standard InChI is InChI=1S/C19H23NO2S/c1-2-3-7-15-10-12-17(13-11-15)23-20-18(19(21)22)14-16-8-5-4-6-9-16/h4-6,8-13,18,20H,2-3,7,14H2,1H3,(H,21,22). The molecule has 3 nitrogen and oxygen atoms in total. The van der Waals surface area contributed by atoms with Crippen molar-refractivity contribution in [3.8, 4) is 0 Å². The van der Waals surface area contributed by atoms with E-state index in [-0.39, 0.29) is 0 Å². The van der Waals surface area contributed by atoms with Crippen LogP contribution in [0.1, 0.15) is 30.9 Å². The van der Waals surface area contributed by atoms with Gasteiger partial charge in [-0.3, -0.25) is 4.79 Å². The molecule has 122 valence electrons. The Morgan fingerprint density at radius 1 is 1.09 bits per heavy atom. The molecular weight excluding hydrogens is 306 g/mol. The topological polar surface area (TPSA) is 49.3 Å². The van der Waals surface area contributed by atoms with Gasteiger partial charge in [-0.2, -0.15) is 0 Å². The number of carboxylic acids is 1. The molecule has 0 bridgehead atoms. The highest BCUT2D eigenvalue weighted by molar-refractivity contribution is 7.97. The molecule has 2 rings (SSSR count). The van der Waals surface area contributed by atoms with Gasteiger partial charge < -0.3 is 5.11 Å². The summed E-state index contributed by atoms with van der Waals surface area (Å²) < 4.78 is 3.06. The van der Waals surface area contributed by atoms with E-state index >= 15 is 0 Å². The van der Waals surface area contributed by atoms with Crippen molar-refractivity contribution < 1.29 is 9.90 Å². The molecule has 0 radical (unpaired) electrons. The Hall–Kier alpha value is -1.78. The fourth-order valence-electron chi connectivity index (χ4n) is 2.27. The second-order valence-electron chi connectivity index (χ2n) is 5.55. The van der Waals surface area contributed by atoms with Crippen LogP contribution >= 0.6 is 11.9 Å². The van der Waals surface area contributed by atoms with Crippen molar-refractivity contribution in [2.24, 2.45) is 0 Å². The smallest absolute Gasteiger partial charge is 0.321 e. The first-order valence-electron chi connectivity index (χ1n) is 7.97. The van der Waals surface area contributed by atoms with E-state index in [1.54, 1.807) is 0 Å². The molecule has 0 aliphatic carbocycles. The van der Waals surface area contributed by atoms with Crippen LogP contribution in [0.25, 0.3) is 0 Å². The third kappa shape index (κ3) is 6.08. The largest absolute Gasteiger partial charge is 0.480 e. The summed E-state index contributed by atoms with van der Waals surface area (Å²) >= 11 is 1.38. The normalized spacial score (nSPS) is 12.0. The summed E-state index contributed by atoms with van der Waals surface area (Å²) in [5, 5.41) is 9.38. The minimum atomic E-state index is -0.832. The van der Waals surface area contributed by atoms with Gasteiger partial charge in [0, 0.05) is 4.90 Å². The molecule has 23 heavy (non-hydrogen) atoms. The number of nitrogens with one attached hydrogen (secondary N) is 1. The van der Waals surface area contributed by atoms with E-state index in [9.17, 15) is 9.90 Å². The molecule has 0 aliphatic heterocycles. The van der Waals surface area contributed by atoms with Gasteiger partial charge in [-0.1, -0.05) is 55.8 Å². The lowest BCUT2D eigenvalue weighted by molar-refractivity contribution is -0.138. The molecule has 0 aliphatic rings. The second-order valence-corrected chi connectivity index (χ2v) is 6.46. The lowest BCUT2D eigenvalue weighted by Gasteiger charge is -2.14. The lowest BCUT2D eigenvalue weighted by Crippen LogP contribution is -2.34. The van der Waals surface area contributed by atoms with Crippen LogP contribution in [0, 0.1) is 0 Å².